The van der Waals surface area contributed by atoms with Crippen LogP contribution in [0.2, 0.25) is 0 Å². The lowest BCUT2D eigenvalue weighted by Crippen LogP contribution is -2.49. The number of nitrogens with zero attached hydrogens (tertiary/aromatic N) is 3. The van der Waals surface area contributed by atoms with Gasteiger partial charge >= 0.3 is 0 Å². The Hall–Kier alpha value is -2.74. The van der Waals surface area contributed by atoms with Crippen LogP contribution in [0.4, 0.5) is 0 Å². The number of morpholine rings is 1. The van der Waals surface area contributed by atoms with Crippen molar-refractivity contribution in [3.8, 4) is 0 Å². The van der Waals surface area contributed by atoms with Crippen LogP contribution >= 0.6 is 0 Å². The molecule has 2 heterocycles. The van der Waals surface area contributed by atoms with Crippen LogP contribution in [0.15, 0.2) is 48.5 Å². The molecule has 1 atom stereocenters. The maximum atomic E-state index is 13.6. The van der Waals surface area contributed by atoms with Crippen molar-refractivity contribution in [2.45, 2.75) is 12.6 Å². The molecule has 2 aliphatic heterocycles. The first-order valence-electron chi connectivity index (χ1n) is 11.3. The van der Waals surface area contributed by atoms with Crippen LogP contribution in [0.1, 0.15) is 37.9 Å². The van der Waals surface area contributed by atoms with Crippen LogP contribution in [0.5, 0.6) is 0 Å². The molecule has 0 aliphatic carbocycles. The van der Waals surface area contributed by atoms with Crippen molar-refractivity contribution in [3.05, 3.63) is 70.8 Å². The quantitative estimate of drug-likeness (QED) is 0.777. The second-order valence-electron chi connectivity index (χ2n) is 8.50. The number of nitrogens with one attached hydrogen (secondary N) is 1. The molecule has 2 aromatic carbocycles. The van der Waals surface area contributed by atoms with E-state index in [0.29, 0.717) is 18.7 Å². The van der Waals surface area contributed by atoms with E-state index in [-0.39, 0.29) is 17.9 Å². The van der Waals surface area contributed by atoms with Crippen molar-refractivity contribution in [1.29, 1.82) is 0 Å². The molecule has 1 unspecified atom stereocenters. The summed E-state index contributed by atoms with van der Waals surface area (Å²) in [6, 6.07) is 15.7. The molecule has 170 valence electrons. The van der Waals surface area contributed by atoms with Crippen molar-refractivity contribution >= 4 is 11.8 Å². The second kappa shape index (κ2) is 10.3. The van der Waals surface area contributed by atoms with E-state index in [9.17, 15) is 9.59 Å². The van der Waals surface area contributed by atoms with Gasteiger partial charge in [0.15, 0.2) is 0 Å². The minimum Gasteiger partial charge on any atom is -0.379 e. The smallest absolute Gasteiger partial charge is 0.254 e. The fourth-order valence-corrected chi connectivity index (χ4v) is 4.49. The molecule has 0 radical (unpaired) electrons. The highest BCUT2D eigenvalue weighted by Gasteiger charge is 2.30. The van der Waals surface area contributed by atoms with E-state index in [1.54, 1.807) is 7.05 Å². The maximum Gasteiger partial charge on any atom is 0.254 e. The SMILES string of the molecule is CNC(=O)c1cccc(C2CN(C(=O)c3ccccc3CN3CCOCC3)CCN2C)c1. The normalized spacial score (nSPS) is 20.2. The number of hydrogen-bond acceptors (Lipinski definition) is 5. The van der Waals surface area contributed by atoms with Crippen LogP contribution in [0, 0.1) is 0 Å². The molecule has 2 amide bonds. The van der Waals surface area contributed by atoms with Gasteiger partial charge in [0.1, 0.15) is 0 Å². The molecule has 2 aromatic rings. The van der Waals surface area contributed by atoms with E-state index in [0.717, 1.165) is 56.1 Å². The first-order valence-corrected chi connectivity index (χ1v) is 11.3. The molecule has 2 aliphatic rings. The van der Waals surface area contributed by atoms with Gasteiger partial charge in [-0.2, -0.15) is 0 Å². The minimum atomic E-state index is -0.102. The number of piperazine rings is 1. The third kappa shape index (κ3) is 5.01. The van der Waals surface area contributed by atoms with Gasteiger partial charge in [-0.05, 0) is 36.4 Å². The molecule has 2 saturated heterocycles. The Labute approximate surface area is 189 Å². The monoisotopic (exact) mass is 436 g/mol. The first-order chi connectivity index (χ1) is 15.6. The average molecular weight is 437 g/mol. The molecule has 1 N–H and O–H groups in total. The molecule has 7 nitrogen and oxygen atoms in total. The first kappa shape index (κ1) is 22.5. The zero-order chi connectivity index (χ0) is 22.5. The van der Waals surface area contributed by atoms with Crippen molar-refractivity contribution in [1.82, 2.24) is 20.0 Å². The lowest BCUT2D eigenvalue weighted by atomic mass is 9.99. The third-order valence-corrected chi connectivity index (χ3v) is 6.44. The number of hydrogen-bond donors (Lipinski definition) is 1. The van der Waals surface area contributed by atoms with Gasteiger partial charge in [-0.1, -0.05) is 30.3 Å². The third-order valence-electron chi connectivity index (χ3n) is 6.44. The number of amides is 2. The van der Waals surface area contributed by atoms with Gasteiger partial charge in [0.2, 0.25) is 0 Å². The van der Waals surface area contributed by atoms with Gasteiger partial charge in [0, 0.05) is 57.4 Å². The Morgan fingerprint density at radius 2 is 1.81 bits per heavy atom. The van der Waals surface area contributed by atoms with E-state index in [2.05, 4.69) is 28.2 Å². The van der Waals surface area contributed by atoms with E-state index < -0.39 is 0 Å². The molecule has 4 rings (SSSR count). The molecule has 7 heteroatoms. The van der Waals surface area contributed by atoms with E-state index in [1.807, 2.05) is 47.4 Å². The zero-order valence-corrected chi connectivity index (χ0v) is 18.9. The minimum absolute atomic E-state index is 0.0451. The predicted octanol–water partition coefficient (Wildman–Crippen LogP) is 2.01. The Balaban J connectivity index is 1.52. The highest BCUT2D eigenvalue weighted by molar-refractivity contribution is 5.96. The predicted molar refractivity (Wildman–Crippen MR) is 124 cm³/mol. The number of ether oxygens (including phenoxy) is 1. The van der Waals surface area contributed by atoms with Gasteiger partial charge in [0.25, 0.3) is 11.8 Å². The van der Waals surface area contributed by atoms with Crippen LogP contribution in [0.3, 0.4) is 0 Å². The van der Waals surface area contributed by atoms with E-state index in [4.69, 9.17) is 4.74 Å². The topological polar surface area (TPSA) is 65.1 Å². The van der Waals surface area contributed by atoms with Crippen molar-refractivity contribution in [3.63, 3.8) is 0 Å². The summed E-state index contributed by atoms with van der Waals surface area (Å²) in [6.07, 6.45) is 0. The Bertz CT molecular complexity index is 958. The highest BCUT2D eigenvalue weighted by atomic mass is 16.5. The standard InChI is InChI=1S/C25H32N4O3/c1-26-24(30)20-8-5-7-19(16-20)23-18-29(11-10-27(23)2)25(31)22-9-4-3-6-21(22)17-28-12-14-32-15-13-28/h3-9,16,23H,10-15,17-18H2,1-2H3,(H,26,30). The Morgan fingerprint density at radius 1 is 1.03 bits per heavy atom. The van der Waals surface area contributed by atoms with E-state index in [1.165, 1.54) is 0 Å². The van der Waals surface area contributed by atoms with Crippen LogP contribution in [-0.2, 0) is 11.3 Å². The number of rotatable bonds is 5. The summed E-state index contributed by atoms with van der Waals surface area (Å²) in [6.45, 7) is 6.09. The Morgan fingerprint density at radius 3 is 2.59 bits per heavy atom. The molecule has 0 saturated carbocycles. The summed E-state index contributed by atoms with van der Waals surface area (Å²) in [5.41, 5.74) is 3.53. The summed E-state index contributed by atoms with van der Waals surface area (Å²) in [7, 11) is 3.71. The molecule has 0 aromatic heterocycles. The van der Waals surface area contributed by atoms with Crippen LogP contribution < -0.4 is 5.32 Å². The number of carbonyl (C=O) groups excluding carboxylic acids is 2. The van der Waals surface area contributed by atoms with Crippen LogP contribution in [0.25, 0.3) is 0 Å². The molecular weight excluding hydrogens is 404 g/mol. The molecule has 0 bridgehead atoms. The molecule has 32 heavy (non-hydrogen) atoms. The largest absolute Gasteiger partial charge is 0.379 e. The van der Waals surface area contributed by atoms with Gasteiger partial charge < -0.3 is 15.0 Å². The summed E-state index contributed by atoms with van der Waals surface area (Å²) >= 11 is 0. The fourth-order valence-electron chi connectivity index (χ4n) is 4.49. The lowest BCUT2D eigenvalue weighted by molar-refractivity contribution is 0.0338. The van der Waals surface area contributed by atoms with Crippen molar-refractivity contribution in [2.24, 2.45) is 0 Å². The highest BCUT2D eigenvalue weighted by Crippen LogP contribution is 2.26. The number of likely N-dealkylation sites (N-methyl/N-ethyl adjacent to an activating group) is 1. The number of benzene rings is 2. The average Bonchev–Trinajstić information content (AvgIpc) is 2.84. The summed E-state index contributed by atoms with van der Waals surface area (Å²) < 4.78 is 5.46. The van der Waals surface area contributed by atoms with Gasteiger partial charge in [-0.15, -0.1) is 0 Å². The molecule has 2 fully saturated rings. The van der Waals surface area contributed by atoms with Gasteiger partial charge in [-0.25, -0.2) is 0 Å². The summed E-state index contributed by atoms with van der Waals surface area (Å²) in [5.74, 6) is -0.0234. The van der Waals surface area contributed by atoms with E-state index >= 15 is 0 Å². The Kier molecular flexibility index (Phi) is 7.19. The van der Waals surface area contributed by atoms with Gasteiger partial charge in [-0.3, -0.25) is 19.4 Å². The second-order valence-corrected chi connectivity index (χ2v) is 8.50. The maximum absolute atomic E-state index is 13.6. The van der Waals surface area contributed by atoms with Crippen molar-refractivity contribution < 1.29 is 14.3 Å². The molecular formula is C25H32N4O3. The van der Waals surface area contributed by atoms with Crippen molar-refractivity contribution in [2.75, 3.05) is 60.0 Å². The van der Waals surface area contributed by atoms with Crippen LogP contribution in [-0.4, -0.2) is 86.5 Å². The number of carbonyl (C=O) groups is 2. The fraction of sp³-hybridized carbons (Fsp3) is 0.440. The zero-order valence-electron chi connectivity index (χ0n) is 18.9. The lowest BCUT2D eigenvalue weighted by Gasteiger charge is -2.40. The molecule has 0 spiro atoms. The summed E-state index contributed by atoms with van der Waals surface area (Å²) in [4.78, 5) is 32.2. The van der Waals surface area contributed by atoms with Gasteiger partial charge in [0.05, 0.1) is 19.3 Å². The summed E-state index contributed by atoms with van der Waals surface area (Å²) in [5, 5.41) is 2.68.